The van der Waals surface area contributed by atoms with Crippen molar-refractivity contribution in [3.05, 3.63) is 58.6 Å². The molecule has 0 aliphatic carbocycles. The largest absolute Gasteiger partial charge is 0.493 e. The maximum absolute atomic E-state index is 12.3. The van der Waals surface area contributed by atoms with Gasteiger partial charge in [0.1, 0.15) is 0 Å². The van der Waals surface area contributed by atoms with E-state index in [1.54, 1.807) is 36.4 Å². The number of carbonyl (C=O) groups excluding carboxylic acids is 3. The number of ketones is 1. The molecular weight excluding hydrogens is 400 g/mol. The molecule has 154 valence electrons. The third-order valence-electron chi connectivity index (χ3n) is 4.03. The number of carbonyl (C=O) groups is 3. The monoisotopic (exact) mass is 420 g/mol. The van der Waals surface area contributed by atoms with Crippen molar-refractivity contribution in [2.45, 2.75) is 12.5 Å². The number of amides is 2. The predicted octanol–water partition coefficient (Wildman–Crippen LogP) is 2.88. The lowest BCUT2D eigenvalue weighted by molar-refractivity contribution is -0.143. The van der Waals surface area contributed by atoms with E-state index >= 15 is 0 Å². The normalized spacial score (nSPS) is 11.3. The second-order valence-corrected chi connectivity index (χ2v) is 6.41. The van der Waals surface area contributed by atoms with Crippen molar-refractivity contribution in [3.63, 3.8) is 0 Å². The van der Waals surface area contributed by atoms with E-state index in [0.29, 0.717) is 27.6 Å². The molecule has 8 nitrogen and oxygen atoms in total. The van der Waals surface area contributed by atoms with Crippen LogP contribution in [0.5, 0.6) is 11.5 Å². The molecule has 0 saturated carbocycles. The summed E-state index contributed by atoms with van der Waals surface area (Å²) in [6, 6.07) is 9.68. The van der Waals surface area contributed by atoms with Crippen LogP contribution < -0.4 is 20.5 Å². The van der Waals surface area contributed by atoms with Crippen LogP contribution in [0.4, 0.5) is 4.79 Å². The second kappa shape index (κ2) is 10.3. The number of nitrogens with two attached hydrogens (primary N) is 1. The molecule has 0 aliphatic rings. The minimum atomic E-state index is -0.792. The van der Waals surface area contributed by atoms with Crippen molar-refractivity contribution in [2.24, 2.45) is 5.73 Å². The number of benzene rings is 2. The van der Waals surface area contributed by atoms with E-state index in [4.69, 9.17) is 31.5 Å². The summed E-state index contributed by atoms with van der Waals surface area (Å²) in [5, 5.41) is 2.98. The fourth-order valence-electron chi connectivity index (χ4n) is 2.58. The molecule has 2 aromatic carbocycles. The van der Waals surface area contributed by atoms with Crippen LogP contribution in [-0.2, 0) is 9.53 Å². The highest BCUT2D eigenvalue weighted by atomic mass is 35.5. The minimum absolute atomic E-state index is 0.205. The molecular formula is C20H21ClN2O6. The lowest BCUT2D eigenvalue weighted by Gasteiger charge is -2.17. The topological polar surface area (TPSA) is 117 Å². The Morgan fingerprint density at radius 1 is 1.03 bits per heavy atom. The van der Waals surface area contributed by atoms with Gasteiger partial charge >= 0.3 is 12.0 Å². The van der Waals surface area contributed by atoms with Crippen molar-refractivity contribution in [3.8, 4) is 11.5 Å². The third kappa shape index (κ3) is 6.39. The van der Waals surface area contributed by atoms with E-state index in [9.17, 15) is 14.4 Å². The number of rotatable bonds is 9. The van der Waals surface area contributed by atoms with Crippen LogP contribution in [0.3, 0.4) is 0 Å². The molecule has 9 heteroatoms. The Morgan fingerprint density at radius 2 is 1.69 bits per heavy atom. The highest BCUT2D eigenvalue weighted by molar-refractivity contribution is 6.30. The zero-order valence-corrected chi connectivity index (χ0v) is 16.7. The molecule has 2 aromatic rings. The Hall–Kier alpha value is -3.26. The Balaban J connectivity index is 2.00. The quantitative estimate of drug-likeness (QED) is 0.476. The molecule has 2 amide bonds. The molecule has 3 N–H and O–H groups in total. The molecule has 0 bridgehead atoms. The summed E-state index contributed by atoms with van der Waals surface area (Å²) in [6.07, 6.45) is -0.205. The zero-order valence-electron chi connectivity index (χ0n) is 15.9. The van der Waals surface area contributed by atoms with Crippen molar-refractivity contribution >= 4 is 29.4 Å². The van der Waals surface area contributed by atoms with Crippen molar-refractivity contribution in [1.82, 2.24) is 5.32 Å². The van der Waals surface area contributed by atoms with Gasteiger partial charge < -0.3 is 25.3 Å². The van der Waals surface area contributed by atoms with Gasteiger partial charge in [0, 0.05) is 10.6 Å². The van der Waals surface area contributed by atoms with Crippen LogP contribution in [-0.4, -0.2) is 38.6 Å². The molecule has 0 aliphatic heterocycles. The summed E-state index contributed by atoms with van der Waals surface area (Å²) in [5.41, 5.74) is 6.11. The van der Waals surface area contributed by atoms with Crippen LogP contribution in [0, 0.1) is 0 Å². The van der Waals surface area contributed by atoms with E-state index in [1.807, 2.05) is 0 Å². The van der Waals surface area contributed by atoms with Crippen molar-refractivity contribution in [2.75, 3.05) is 20.8 Å². The van der Waals surface area contributed by atoms with Gasteiger partial charge in [0.2, 0.25) is 0 Å². The van der Waals surface area contributed by atoms with Crippen LogP contribution in [0.25, 0.3) is 0 Å². The molecule has 0 heterocycles. The zero-order chi connectivity index (χ0) is 21.4. The second-order valence-electron chi connectivity index (χ2n) is 5.97. The van der Waals surface area contributed by atoms with Gasteiger partial charge in [-0.25, -0.2) is 4.79 Å². The number of urea groups is 1. The summed E-state index contributed by atoms with van der Waals surface area (Å²) < 4.78 is 15.3. The molecule has 0 spiro atoms. The van der Waals surface area contributed by atoms with E-state index in [-0.39, 0.29) is 6.42 Å². The van der Waals surface area contributed by atoms with E-state index in [0.717, 1.165) is 0 Å². The van der Waals surface area contributed by atoms with Gasteiger partial charge in [0.05, 0.1) is 26.7 Å². The van der Waals surface area contributed by atoms with E-state index in [2.05, 4.69) is 5.32 Å². The standard InChI is InChI=1S/C20H21ClN2O6/c1-27-17-8-5-13(9-18(17)28-2)16(24)11-29-19(25)10-15(23-20(22)26)12-3-6-14(21)7-4-12/h3-9,15H,10-11H2,1-2H3,(H3,22,23,26)/t15-/m1/s1. The van der Waals surface area contributed by atoms with Gasteiger partial charge in [-0.15, -0.1) is 0 Å². The fraction of sp³-hybridized carbons (Fsp3) is 0.250. The average molecular weight is 421 g/mol. The van der Waals surface area contributed by atoms with E-state index < -0.39 is 30.4 Å². The highest BCUT2D eigenvalue weighted by Crippen LogP contribution is 2.27. The number of primary amides is 1. The number of hydrogen-bond acceptors (Lipinski definition) is 6. The molecule has 0 aromatic heterocycles. The van der Waals surface area contributed by atoms with Crippen LogP contribution in [0.2, 0.25) is 5.02 Å². The summed E-state index contributed by atoms with van der Waals surface area (Å²) in [5.74, 6) is -0.222. The number of esters is 1. The number of Topliss-reactive ketones (excluding diaryl/α,β-unsaturated/α-hetero) is 1. The number of methoxy groups -OCH3 is 2. The highest BCUT2D eigenvalue weighted by Gasteiger charge is 2.20. The smallest absolute Gasteiger partial charge is 0.312 e. The average Bonchev–Trinajstić information content (AvgIpc) is 2.71. The fourth-order valence-corrected chi connectivity index (χ4v) is 2.71. The van der Waals surface area contributed by atoms with Gasteiger partial charge in [0.15, 0.2) is 23.9 Å². The van der Waals surface area contributed by atoms with Crippen LogP contribution in [0.15, 0.2) is 42.5 Å². The number of ether oxygens (including phenoxy) is 3. The van der Waals surface area contributed by atoms with Gasteiger partial charge in [-0.2, -0.15) is 0 Å². The molecule has 0 saturated heterocycles. The lowest BCUT2D eigenvalue weighted by Crippen LogP contribution is -2.34. The van der Waals surface area contributed by atoms with Crippen molar-refractivity contribution in [1.29, 1.82) is 0 Å². The predicted molar refractivity (Wildman–Crippen MR) is 106 cm³/mol. The minimum Gasteiger partial charge on any atom is -0.493 e. The lowest BCUT2D eigenvalue weighted by atomic mass is 10.0. The number of hydrogen-bond donors (Lipinski definition) is 2. The molecule has 29 heavy (non-hydrogen) atoms. The van der Waals surface area contributed by atoms with Gasteiger partial charge in [-0.3, -0.25) is 9.59 Å². The molecule has 1 atom stereocenters. The SMILES string of the molecule is COc1ccc(C(=O)COC(=O)C[C@@H](NC(N)=O)c2ccc(Cl)cc2)cc1OC. The first kappa shape index (κ1) is 22.0. The summed E-state index contributed by atoms with van der Waals surface area (Å²) >= 11 is 5.85. The first-order chi connectivity index (χ1) is 13.8. The Labute approximate surface area is 172 Å². The summed E-state index contributed by atoms with van der Waals surface area (Å²) in [4.78, 5) is 35.8. The molecule has 0 fully saturated rings. The van der Waals surface area contributed by atoms with Crippen LogP contribution >= 0.6 is 11.6 Å². The molecule has 0 unspecified atom stereocenters. The number of nitrogens with one attached hydrogen (secondary N) is 1. The third-order valence-corrected chi connectivity index (χ3v) is 4.28. The van der Waals surface area contributed by atoms with Crippen molar-refractivity contribution < 1.29 is 28.6 Å². The Kier molecular flexibility index (Phi) is 7.85. The Bertz CT molecular complexity index is 885. The summed E-state index contributed by atoms with van der Waals surface area (Å²) in [7, 11) is 2.94. The molecule has 2 rings (SSSR count). The number of halogens is 1. The van der Waals surface area contributed by atoms with Gasteiger partial charge in [-0.1, -0.05) is 23.7 Å². The molecule has 0 radical (unpaired) electrons. The first-order valence-electron chi connectivity index (χ1n) is 8.56. The first-order valence-corrected chi connectivity index (χ1v) is 8.94. The summed E-state index contributed by atoms with van der Waals surface area (Å²) in [6.45, 7) is -0.460. The maximum Gasteiger partial charge on any atom is 0.312 e. The Morgan fingerprint density at radius 3 is 2.28 bits per heavy atom. The van der Waals surface area contributed by atoms with Crippen LogP contribution in [0.1, 0.15) is 28.4 Å². The van der Waals surface area contributed by atoms with Gasteiger partial charge in [0.25, 0.3) is 0 Å². The van der Waals surface area contributed by atoms with E-state index in [1.165, 1.54) is 20.3 Å². The van der Waals surface area contributed by atoms with Gasteiger partial charge in [-0.05, 0) is 35.9 Å². The maximum atomic E-state index is 12.3.